The van der Waals surface area contributed by atoms with Gasteiger partial charge in [-0.25, -0.2) is 19.9 Å². The molecule has 0 atom stereocenters. The van der Waals surface area contributed by atoms with Crippen LogP contribution in [0.5, 0.6) is 0 Å². The van der Waals surface area contributed by atoms with Gasteiger partial charge in [-0.1, -0.05) is 93.6 Å². The van der Waals surface area contributed by atoms with Crippen molar-refractivity contribution in [3.05, 3.63) is 129 Å². The van der Waals surface area contributed by atoms with Gasteiger partial charge in [-0.15, -0.1) is 0 Å². The van der Waals surface area contributed by atoms with Crippen LogP contribution in [0.4, 0.5) is 0 Å². The molecule has 0 spiro atoms. The maximum Gasteiger partial charge on any atom is 0.160 e. The molecule has 0 saturated carbocycles. The molecule has 10 nitrogen and oxygen atoms in total. The molecule has 0 radical (unpaired) electrons. The van der Waals surface area contributed by atoms with E-state index in [4.69, 9.17) is 19.9 Å². The fourth-order valence-corrected chi connectivity index (χ4v) is 8.60. The minimum absolute atomic E-state index is 0.806. The number of hydrogen-bond donors (Lipinski definition) is 0. The predicted octanol–water partition coefficient (Wildman–Crippen LogP) is 8.23. The highest BCUT2D eigenvalue weighted by atomic mass is 15.3. The van der Waals surface area contributed by atoms with Crippen molar-refractivity contribution in [1.29, 1.82) is 0 Å². The Bertz CT molecular complexity index is 2400. The zero-order valence-electron chi connectivity index (χ0n) is 38.2. The summed E-state index contributed by atoms with van der Waals surface area (Å²) in [5.74, 6) is 2.20. The lowest BCUT2D eigenvalue weighted by molar-refractivity contribution is 0.148. The van der Waals surface area contributed by atoms with Crippen LogP contribution in [0.25, 0.3) is 34.5 Å². The number of likely N-dealkylation sites (N-methyl/N-ethyl adjacent to an activating group) is 2. The number of imidazole rings is 2. The first-order valence-electron chi connectivity index (χ1n) is 22.6. The third-order valence-corrected chi connectivity index (χ3v) is 12.3. The summed E-state index contributed by atoms with van der Waals surface area (Å²) in [4.78, 5) is 29.3. The van der Waals surface area contributed by atoms with Crippen molar-refractivity contribution in [2.24, 2.45) is 0 Å². The van der Waals surface area contributed by atoms with E-state index in [0.29, 0.717) is 0 Å². The summed E-state index contributed by atoms with van der Waals surface area (Å²) in [6.45, 7) is 29.1. The molecule has 322 valence electrons. The number of nitrogens with zero attached hydrogens (tertiary/aromatic N) is 10. The van der Waals surface area contributed by atoms with Gasteiger partial charge in [0.15, 0.2) is 11.3 Å². The quantitative estimate of drug-likeness (QED) is 0.116. The molecule has 0 aliphatic carbocycles. The van der Waals surface area contributed by atoms with Gasteiger partial charge >= 0.3 is 0 Å². The molecule has 0 N–H and O–H groups in total. The highest BCUT2D eigenvalue weighted by molar-refractivity contribution is 5.77. The largest absolute Gasteiger partial charge is 0.308 e. The van der Waals surface area contributed by atoms with Crippen molar-refractivity contribution in [3.8, 4) is 0 Å². The van der Waals surface area contributed by atoms with E-state index in [9.17, 15) is 0 Å². The normalized spacial score (nSPS) is 16.1. The van der Waals surface area contributed by atoms with Crippen LogP contribution in [0.2, 0.25) is 0 Å². The summed E-state index contributed by atoms with van der Waals surface area (Å²) in [6.07, 6.45) is 10.9. The zero-order chi connectivity index (χ0) is 42.9. The molecular weight excluding hydrogens is 753 g/mol. The van der Waals surface area contributed by atoms with Gasteiger partial charge in [0.2, 0.25) is 0 Å². The van der Waals surface area contributed by atoms with E-state index in [1.165, 1.54) is 79.2 Å². The number of aryl methyl sites for hydroxylation is 6. The molecule has 2 saturated heterocycles. The molecule has 2 fully saturated rings. The molecule has 8 rings (SSSR count). The Kier molecular flexibility index (Phi) is 15.0. The van der Waals surface area contributed by atoms with Crippen LogP contribution in [0.15, 0.2) is 72.8 Å². The molecule has 2 aliphatic heterocycles. The molecule has 10 heteroatoms. The number of fused-ring (bicyclic) bond motifs is 2. The number of piperazine rings is 2. The van der Waals surface area contributed by atoms with Crippen LogP contribution in [0.3, 0.4) is 0 Å². The molecule has 0 amide bonds. The predicted molar refractivity (Wildman–Crippen MR) is 254 cm³/mol. The molecule has 0 bridgehead atoms. The summed E-state index contributed by atoms with van der Waals surface area (Å²) in [5.41, 5.74) is 13.6. The fourth-order valence-electron chi connectivity index (χ4n) is 8.60. The van der Waals surface area contributed by atoms with Crippen LogP contribution in [-0.2, 0) is 25.9 Å². The topological polar surface area (TPSA) is 74.4 Å². The van der Waals surface area contributed by atoms with E-state index < -0.39 is 0 Å². The first-order chi connectivity index (χ1) is 29.6. The standard InChI is InChI=1S/C26H35N5.C25H33N5/c1-5-24-28-25-20(3)18-21(4)27-26(25)31(24)19-23-11-9-22(10-12-23)8-7-13-30-16-14-29(6-2)15-17-30;1-5-23-27-24-19(2)17-20(3)26-25(24)30(23)18-22-10-8-21(9-11-22)7-6-12-29-15-13-28(4)14-16-29/h7-12,18H,5-6,13-17,19H2,1-4H3;6-11,17H,5,12-16,18H2,1-4H3. The van der Waals surface area contributed by atoms with Gasteiger partial charge in [-0.3, -0.25) is 9.80 Å². The average molecular weight is 821 g/mol. The maximum absolute atomic E-state index is 4.86. The van der Waals surface area contributed by atoms with Gasteiger partial charge < -0.3 is 18.9 Å². The van der Waals surface area contributed by atoms with E-state index in [0.717, 1.165) is 97.5 Å². The van der Waals surface area contributed by atoms with Gasteiger partial charge in [-0.05, 0) is 86.8 Å². The van der Waals surface area contributed by atoms with E-state index >= 15 is 0 Å². The number of hydrogen-bond acceptors (Lipinski definition) is 8. The number of rotatable bonds is 13. The lowest BCUT2D eigenvalue weighted by Gasteiger charge is -2.33. The van der Waals surface area contributed by atoms with Crippen LogP contribution >= 0.6 is 0 Å². The monoisotopic (exact) mass is 821 g/mol. The molecule has 4 aromatic heterocycles. The van der Waals surface area contributed by atoms with Gasteiger partial charge in [0.05, 0.1) is 13.1 Å². The Morgan fingerprint density at radius 1 is 0.508 bits per heavy atom. The lowest BCUT2D eigenvalue weighted by Crippen LogP contribution is -2.45. The first-order valence-corrected chi connectivity index (χ1v) is 22.6. The summed E-state index contributed by atoms with van der Waals surface area (Å²) >= 11 is 0. The van der Waals surface area contributed by atoms with E-state index in [1.807, 2.05) is 0 Å². The summed E-state index contributed by atoms with van der Waals surface area (Å²) in [6, 6.07) is 22.0. The second-order valence-electron chi connectivity index (χ2n) is 17.1. The van der Waals surface area contributed by atoms with Crippen molar-refractivity contribution in [2.45, 2.75) is 74.4 Å². The molecule has 2 aliphatic rings. The minimum Gasteiger partial charge on any atom is -0.308 e. The van der Waals surface area contributed by atoms with Crippen molar-refractivity contribution < 1.29 is 0 Å². The first kappa shape index (κ1) is 44.1. The summed E-state index contributed by atoms with van der Waals surface area (Å²) < 4.78 is 4.55. The SMILES string of the molecule is CCc1nc2c(C)cc(C)nc2n1Cc1ccc(C=CCN2CCN(C)CC2)cc1.CCc1nc2c(C)cc(C)nc2n1Cc1ccc(C=CCN2CCN(CC)CC2)cc1. The fraction of sp³-hybridized carbons (Fsp3) is 0.451. The lowest BCUT2D eigenvalue weighted by atomic mass is 10.1. The second-order valence-corrected chi connectivity index (χ2v) is 17.1. The van der Waals surface area contributed by atoms with Gasteiger partial charge in [-0.2, -0.15) is 0 Å². The summed E-state index contributed by atoms with van der Waals surface area (Å²) in [7, 11) is 2.20. The highest BCUT2D eigenvalue weighted by Gasteiger charge is 2.17. The Morgan fingerprint density at radius 2 is 0.902 bits per heavy atom. The smallest absolute Gasteiger partial charge is 0.160 e. The molecule has 61 heavy (non-hydrogen) atoms. The van der Waals surface area contributed by atoms with E-state index in [1.54, 1.807) is 0 Å². The van der Waals surface area contributed by atoms with Gasteiger partial charge in [0.25, 0.3) is 0 Å². The molecule has 2 aromatic carbocycles. The van der Waals surface area contributed by atoms with Crippen LogP contribution in [0, 0.1) is 27.7 Å². The Labute approximate surface area is 364 Å². The van der Waals surface area contributed by atoms with Gasteiger partial charge in [0.1, 0.15) is 22.7 Å². The van der Waals surface area contributed by atoms with Gasteiger partial charge in [0, 0.05) is 89.7 Å². The Morgan fingerprint density at radius 3 is 1.30 bits per heavy atom. The van der Waals surface area contributed by atoms with Crippen molar-refractivity contribution in [1.82, 2.24) is 48.7 Å². The maximum atomic E-state index is 4.86. The molecule has 6 aromatic rings. The molecule has 0 unspecified atom stereocenters. The zero-order valence-corrected chi connectivity index (χ0v) is 38.2. The highest BCUT2D eigenvalue weighted by Crippen LogP contribution is 2.23. The summed E-state index contributed by atoms with van der Waals surface area (Å²) in [5, 5.41) is 0. The molecular formula is C51H68N10. The number of aromatic nitrogens is 6. The third kappa shape index (κ3) is 11.3. The van der Waals surface area contributed by atoms with Crippen molar-refractivity contribution in [2.75, 3.05) is 79.0 Å². The van der Waals surface area contributed by atoms with Crippen LogP contribution in [-0.4, -0.2) is 128 Å². The second kappa shape index (κ2) is 20.7. The minimum atomic E-state index is 0.806. The third-order valence-electron chi connectivity index (χ3n) is 12.3. The average Bonchev–Trinajstić information content (AvgIpc) is 3.80. The van der Waals surface area contributed by atoms with E-state index in [2.05, 4.69) is 169 Å². The number of benzene rings is 2. The van der Waals surface area contributed by atoms with Crippen molar-refractivity contribution >= 4 is 34.5 Å². The van der Waals surface area contributed by atoms with Crippen LogP contribution in [0.1, 0.15) is 77.2 Å². The molecule has 6 heterocycles. The number of pyridine rings is 2. The van der Waals surface area contributed by atoms with Crippen LogP contribution < -0.4 is 0 Å². The Hall–Kier alpha value is -5.00. The van der Waals surface area contributed by atoms with E-state index in [-0.39, 0.29) is 0 Å². The van der Waals surface area contributed by atoms with Crippen molar-refractivity contribution in [3.63, 3.8) is 0 Å². The Balaban J connectivity index is 0.000000184.